The number of carbonyl (C=O) groups is 1. The van der Waals surface area contributed by atoms with Crippen molar-refractivity contribution in [3.8, 4) is 5.75 Å². The fourth-order valence-corrected chi connectivity index (χ4v) is 4.96. The van der Waals surface area contributed by atoms with Crippen molar-refractivity contribution in [2.75, 3.05) is 23.3 Å². The van der Waals surface area contributed by atoms with E-state index in [4.69, 9.17) is 4.74 Å². The molecule has 0 atom stereocenters. The molecule has 1 heterocycles. The van der Waals surface area contributed by atoms with E-state index in [0.29, 0.717) is 11.4 Å². The number of carbonyl (C=O) groups excluding carboxylic acids is 1. The second-order valence-corrected chi connectivity index (χ2v) is 9.68. The molecule has 0 aliphatic rings. The number of nitrogens with one attached hydrogen (secondary N) is 1. The van der Waals surface area contributed by atoms with Crippen LogP contribution in [0.1, 0.15) is 11.1 Å². The molecule has 3 rings (SSSR count). The Hall–Kier alpha value is -2.84. The van der Waals surface area contributed by atoms with Crippen LogP contribution in [0.4, 0.5) is 11.4 Å². The quantitative estimate of drug-likeness (QED) is 0.609. The van der Waals surface area contributed by atoms with Crippen LogP contribution in [0.2, 0.25) is 0 Å². The molecular weight excluding hydrogens is 408 g/mol. The normalized spacial score (nSPS) is 11.1. The fraction of sp³-hybridized carbons (Fsp3) is 0.190. The van der Waals surface area contributed by atoms with E-state index in [1.807, 2.05) is 32.0 Å². The number of anilines is 2. The molecular formula is C21H22N2O4S2. The lowest BCUT2D eigenvalue weighted by Crippen LogP contribution is -2.25. The number of nitrogens with zero attached hydrogens (tertiary/aromatic N) is 1. The molecule has 152 valence electrons. The number of sulfonamides is 1. The van der Waals surface area contributed by atoms with Gasteiger partial charge in [-0.3, -0.25) is 9.10 Å². The summed E-state index contributed by atoms with van der Waals surface area (Å²) in [7, 11) is -2.08. The summed E-state index contributed by atoms with van der Waals surface area (Å²) in [6.45, 7) is 3.85. The van der Waals surface area contributed by atoms with Crippen LogP contribution in [-0.4, -0.2) is 28.0 Å². The Balaban J connectivity index is 1.59. The summed E-state index contributed by atoms with van der Waals surface area (Å²) >= 11 is 1.17. The third-order valence-corrected chi connectivity index (χ3v) is 7.63. The molecule has 0 saturated heterocycles. The lowest BCUT2D eigenvalue weighted by atomic mass is 10.1. The third kappa shape index (κ3) is 4.96. The number of thiophene rings is 1. The van der Waals surface area contributed by atoms with Crippen molar-refractivity contribution in [3.63, 3.8) is 0 Å². The number of aryl methyl sites for hydroxylation is 2. The van der Waals surface area contributed by atoms with Gasteiger partial charge < -0.3 is 10.1 Å². The summed E-state index contributed by atoms with van der Waals surface area (Å²) in [5.41, 5.74) is 3.48. The monoisotopic (exact) mass is 430 g/mol. The SMILES string of the molecule is Cc1ccc(NC(=O)COc2ccc(N(C)S(=O)(=O)c3cccs3)cc2)cc1C. The molecule has 0 aliphatic carbocycles. The molecule has 0 spiro atoms. The molecule has 6 nitrogen and oxygen atoms in total. The van der Waals surface area contributed by atoms with Crippen LogP contribution in [0.5, 0.6) is 5.75 Å². The van der Waals surface area contributed by atoms with Gasteiger partial charge in [-0.05, 0) is 72.8 Å². The van der Waals surface area contributed by atoms with E-state index in [9.17, 15) is 13.2 Å². The number of amides is 1. The van der Waals surface area contributed by atoms with Crippen molar-refractivity contribution in [2.45, 2.75) is 18.1 Å². The smallest absolute Gasteiger partial charge is 0.273 e. The number of benzene rings is 2. The Labute approximate surface area is 174 Å². The Bertz CT molecular complexity index is 1090. The molecule has 1 amide bonds. The first-order valence-electron chi connectivity index (χ1n) is 8.90. The predicted molar refractivity (Wildman–Crippen MR) is 116 cm³/mol. The summed E-state index contributed by atoms with van der Waals surface area (Å²) < 4.78 is 32.1. The van der Waals surface area contributed by atoms with Gasteiger partial charge in [0.1, 0.15) is 9.96 Å². The molecule has 8 heteroatoms. The second-order valence-electron chi connectivity index (χ2n) is 6.53. The largest absolute Gasteiger partial charge is 0.484 e. The molecule has 0 unspecified atom stereocenters. The van der Waals surface area contributed by atoms with Crippen molar-refractivity contribution in [1.82, 2.24) is 0 Å². The van der Waals surface area contributed by atoms with E-state index in [-0.39, 0.29) is 16.7 Å². The highest BCUT2D eigenvalue weighted by molar-refractivity contribution is 7.94. The van der Waals surface area contributed by atoms with Gasteiger partial charge in [0.25, 0.3) is 15.9 Å². The summed E-state index contributed by atoms with van der Waals surface area (Å²) in [5.74, 6) is 0.209. The molecule has 1 N–H and O–H groups in total. The van der Waals surface area contributed by atoms with Crippen molar-refractivity contribution >= 4 is 38.6 Å². The molecule has 1 aromatic heterocycles. The maximum Gasteiger partial charge on any atom is 0.273 e. The summed E-state index contributed by atoms with van der Waals surface area (Å²) in [6.07, 6.45) is 0. The van der Waals surface area contributed by atoms with Crippen LogP contribution in [0.25, 0.3) is 0 Å². The summed E-state index contributed by atoms with van der Waals surface area (Å²) in [4.78, 5) is 12.1. The molecule has 0 fully saturated rings. The number of hydrogen-bond acceptors (Lipinski definition) is 5. The lowest BCUT2D eigenvalue weighted by molar-refractivity contribution is -0.118. The maximum atomic E-state index is 12.6. The molecule has 3 aromatic rings. The van der Waals surface area contributed by atoms with Crippen molar-refractivity contribution < 1.29 is 17.9 Å². The topological polar surface area (TPSA) is 75.7 Å². The molecule has 0 bridgehead atoms. The third-order valence-electron chi connectivity index (χ3n) is 4.47. The van der Waals surface area contributed by atoms with Gasteiger partial charge >= 0.3 is 0 Å². The minimum Gasteiger partial charge on any atom is -0.484 e. The van der Waals surface area contributed by atoms with Crippen molar-refractivity contribution in [1.29, 1.82) is 0 Å². The summed E-state index contributed by atoms with van der Waals surface area (Å²) in [5, 5.41) is 4.52. The highest BCUT2D eigenvalue weighted by atomic mass is 32.2. The van der Waals surface area contributed by atoms with E-state index >= 15 is 0 Å². The molecule has 2 aromatic carbocycles. The van der Waals surface area contributed by atoms with E-state index in [0.717, 1.165) is 16.8 Å². The Morgan fingerprint density at radius 1 is 1.07 bits per heavy atom. The Morgan fingerprint density at radius 3 is 2.41 bits per heavy atom. The average Bonchev–Trinajstić information content (AvgIpc) is 3.25. The highest BCUT2D eigenvalue weighted by Gasteiger charge is 2.22. The van der Waals surface area contributed by atoms with Crippen LogP contribution < -0.4 is 14.4 Å². The minimum atomic E-state index is -3.58. The molecule has 0 radical (unpaired) electrons. The zero-order valence-corrected chi connectivity index (χ0v) is 18.0. The van der Waals surface area contributed by atoms with Gasteiger partial charge in [-0.2, -0.15) is 0 Å². The van der Waals surface area contributed by atoms with E-state index in [1.54, 1.807) is 41.8 Å². The van der Waals surface area contributed by atoms with Gasteiger partial charge in [-0.15, -0.1) is 11.3 Å². The van der Waals surface area contributed by atoms with Gasteiger partial charge in [0.15, 0.2) is 6.61 Å². The standard InChI is InChI=1S/C21H22N2O4S2/c1-15-6-7-17(13-16(15)2)22-20(24)14-27-19-10-8-18(9-11-19)23(3)29(25,26)21-5-4-12-28-21/h4-13H,14H2,1-3H3,(H,22,24). The summed E-state index contributed by atoms with van der Waals surface area (Å²) in [6, 6.07) is 15.5. The van der Waals surface area contributed by atoms with Crippen LogP contribution in [-0.2, 0) is 14.8 Å². The zero-order valence-electron chi connectivity index (χ0n) is 16.4. The van der Waals surface area contributed by atoms with E-state index in [1.165, 1.54) is 22.7 Å². The first-order chi connectivity index (χ1) is 13.8. The van der Waals surface area contributed by atoms with Crippen LogP contribution in [0.15, 0.2) is 64.2 Å². The van der Waals surface area contributed by atoms with Gasteiger partial charge in [0.2, 0.25) is 0 Å². The van der Waals surface area contributed by atoms with Gasteiger partial charge in [-0.1, -0.05) is 12.1 Å². The average molecular weight is 431 g/mol. The highest BCUT2D eigenvalue weighted by Crippen LogP contribution is 2.26. The molecule has 0 saturated carbocycles. The van der Waals surface area contributed by atoms with Gasteiger partial charge in [-0.25, -0.2) is 8.42 Å². The molecule has 29 heavy (non-hydrogen) atoms. The lowest BCUT2D eigenvalue weighted by Gasteiger charge is -2.18. The van der Waals surface area contributed by atoms with Crippen molar-refractivity contribution in [3.05, 3.63) is 71.1 Å². The Kier molecular flexibility index (Phi) is 6.24. The van der Waals surface area contributed by atoms with Crippen LogP contribution in [0, 0.1) is 13.8 Å². The van der Waals surface area contributed by atoms with Crippen LogP contribution >= 0.6 is 11.3 Å². The van der Waals surface area contributed by atoms with Gasteiger partial charge in [0, 0.05) is 12.7 Å². The second kappa shape index (κ2) is 8.67. The minimum absolute atomic E-state index is 0.143. The van der Waals surface area contributed by atoms with E-state index in [2.05, 4.69) is 5.32 Å². The predicted octanol–water partition coefficient (Wildman–Crippen LogP) is 4.21. The maximum absolute atomic E-state index is 12.6. The van der Waals surface area contributed by atoms with Crippen molar-refractivity contribution in [2.24, 2.45) is 0 Å². The number of hydrogen-bond donors (Lipinski definition) is 1. The van der Waals surface area contributed by atoms with Gasteiger partial charge in [0.05, 0.1) is 5.69 Å². The Morgan fingerprint density at radius 2 is 1.79 bits per heavy atom. The first-order valence-corrected chi connectivity index (χ1v) is 11.2. The number of ether oxygens (including phenoxy) is 1. The van der Waals surface area contributed by atoms with E-state index < -0.39 is 10.0 Å². The number of rotatable bonds is 7. The first kappa shape index (κ1) is 20.9. The van der Waals surface area contributed by atoms with Crippen LogP contribution in [0.3, 0.4) is 0 Å². The zero-order chi connectivity index (χ0) is 21.0. The molecule has 0 aliphatic heterocycles. The fourth-order valence-electron chi connectivity index (χ4n) is 2.60.